The van der Waals surface area contributed by atoms with Crippen LogP contribution in [0.3, 0.4) is 0 Å². The highest BCUT2D eigenvalue weighted by molar-refractivity contribution is 7.18. The van der Waals surface area contributed by atoms with E-state index in [2.05, 4.69) is 5.32 Å². The molecule has 0 saturated heterocycles. The van der Waals surface area contributed by atoms with Crippen molar-refractivity contribution in [2.45, 2.75) is 20.5 Å². The van der Waals surface area contributed by atoms with E-state index in [9.17, 15) is 14.9 Å². The SMILES string of the molecule is CCOC(=O)c1sc(NC(=O)/C=C/c2ccc(OCc3ccccc3)c(OC)c2)c(C#N)c1C. The second kappa shape index (κ2) is 11.7. The first-order chi connectivity index (χ1) is 16.5. The number of ether oxygens (including phenoxy) is 3. The van der Waals surface area contributed by atoms with E-state index in [1.807, 2.05) is 42.5 Å². The number of nitrogens with one attached hydrogen (secondary N) is 1. The number of carbonyl (C=O) groups is 2. The lowest BCUT2D eigenvalue weighted by molar-refractivity contribution is -0.111. The van der Waals surface area contributed by atoms with Crippen molar-refractivity contribution in [2.75, 3.05) is 19.0 Å². The minimum atomic E-state index is -0.515. The van der Waals surface area contributed by atoms with Crippen LogP contribution >= 0.6 is 11.3 Å². The number of esters is 1. The van der Waals surface area contributed by atoms with E-state index >= 15 is 0 Å². The molecule has 174 valence electrons. The Kier molecular flexibility index (Phi) is 8.43. The van der Waals surface area contributed by atoms with Gasteiger partial charge in [0, 0.05) is 6.08 Å². The van der Waals surface area contributed by atoms with E-state index in [4.69, 9.17) is 14.2 Å². The van der Waals surface area contributed by atoms with Crippen molar-refractivity contribution in [1.82, 2.24) is 0 Å². The number of methoxy groups -OCH3 is 1. The molecule has 7 nitrogen and oxygen atoms in total. The van der Waals surface area contributed by atoms with Gasteiger partial charge in [0.2, 0.25) is 5.91 Å². The lowest BCUT2D eigenvalue weighted by Gasteiger charge is -2.11. The van der Waals surface area contributed by atoms with Gasteiger partial charge in [0.25, 0.3) is 0 Å². The minimum Gasteiger partial charge on any atom is -0.493 e. The minimum absolute atomic E-state index is 0.224. The van der Waals surface area contributed by atoms with E-state index in [1.165, 1.54) is 6.08 Å². The molecule has 2 aromatic carbocycles. The zero-order chi connectivity index (χ0) is 24.5. The molecule has 0 saturated carbocycles. The molecule has 34 heavy (non-hydrogen) atoms. The predicted octanol–water partition coefficient (Wildman–Crippen LogP) is 5.34. The fourth-order valence-electron chi connectivity index (χ4n) is 3.10. The smallest absolute Gasteiger partial charge is 0.348 e. The van der Waals surface area contributed by atoms with E-state index in [1.54, 1.807) is 39.2 Å². The summed E-state index contributed by atoms with van der Waals surface area (Å²) in [5, 5.41) is 12.4. The number of carbonyl (C=O) groups excluding carboxylic acids is 2. The van der Waals surface area contributed by atoms with Gasteiger partial charge in [-0.3, -0.25) is 4.79 Å². The van der Waals surface area contributed by atoms with Crippen LogP contribution in [0.15, 0.2) is 54.6 Å². The number of hydrogen-bond donors (Lipinski definition) is 1. The van der Waals surface area contributed by atoms with E-state index in [0.717, 1.165) is 22.5 Å². The maximum Gasteiger partial charge on any atom is 0.348 e. The molecule has 0 fully saturated rings. The third-order valence-electron chi connectivity index (χ3n) is 4.81. The van der Waals surface area contributed by atoms with Crippen molar-refractivity contribution < 1.29 is 23.8 Å². The fourth-order valence-corrected chi connectivity index (χ4v) is 4.15. The van der Waals surface area contributed by atoms with Gasteiger partial charge in [0.1, 0.15) is 22.6 Å². The Morgan fingerprint density at radius 2 is 1.91 bits per heavy atom. The average Bonchev–Trinajstić information content (AvgIpc) is 3.17. The summed E-state index contributed by atoms with van der Waals surface area (Å²) in [6.07, 6.45) is 2.97. The molecule has 8 heteroatoms. The molecule has 0 radical (unpaired) electrons. The van der Waals surface area contributed by atoms with Gasteiger partial charge in [0.15, 0.2) is 11.5 Å². The maximum absolute atomic E-state index is 12.5. The van der Waals surface area contributed by atoms with Gasteiger partial charge >= 0.3 is 5.97 Å². The van der Waals surface area contributed by atoms with E-state index in [-0.39, 0.29) is 12.2 Å². The van der Waals surface area contributed by atoms with Crippen molar-refractivity contribution in [3.8, 4) is 17.6 Å². The largest absolute Gasteiger partial charge is 0.493 e. The summed E-state index contributed by atoms with van der Waals surface area (Å²) in [6, 6.07) is 17.2. The average molecular weight is 477 g/mol. The van der Waals surface area contributed by atoms with Gasteiger partial charge in [-0.15, -0.1) is 11.3 Å². The molecule has 0 spiro atoms. The number of amides is 1. The van der Waals surface area contributed by atoms with Crippen molar-refractivity contribution in [1.29, 1.82) is 5.26 Å². The Balaban J connectivity index is 1.69. The summed E-state index contributed by atoms with van der Waals surface area (Å²) in [4.78, 5) is 24.9. The molecular formula is C26H24N2O5S. The molecule has 0 aliphatic rings. The summed E-state index contributed by atoms with van der Waals surface area (Å²) in [5.74, 6) is 0.182. The number of benzene rings is 2. The Bertz CT molecular complexity index is 1240. The van der Waals surface area contributed by atoms with E-state index in [0.29, 0.717) is 33.5 Å². The Hall–Kier alpha value is -4.09. The quantitative estimate of drug-likeness (QED) is 0.330. The first kappa shape index (κ1) is 24.6. The van der Waals surface area contributed by atoms with Crippen molar-refractivity contribution >= 4 is 34.3 Å². The molecule has 0 unspecified atom stereocenters. The molecule has 3 rings (SSSR count). The van der Waals surface area contributed by atoms with Crippen LogP contribution in [0.5, 0.6) is 11.5 Å². The molecule has 1 aromatic heterocycles. The van der Waals surface area contributed by atoms with Crippen LogP contribution in [0.2, 0.25) is 0 Å². The lowest BCUT2D eigenvalue weighted by atomic mass is 10.1. The number of rotatable bonds is 9. The summed E-state index contributed by atoms with van der Waals surface area (Å²) < 4.78 is 16.3. The zero-order valence-electron chi connectivity index (χ0n) is 19.1. The number of thiophene rings is 1. The summed E-state index contributed by atoms with van der Waals surface area (Å²) >= 11 is 1.02. The van der Waals surface area contributed by atoms with Crippen molar-refractivity contribution in [3.63, 3.8) is 0 Å². The van der Waals surface area contributed by atoms with Crippen LogP contribution < -0.4 is 14.8 Å². The standard InChI is InChI=1S/C26H24N2O5S/c1-4-32-26(30)24-17(2)20(15-27)25(34-24)28-23(29)13-11-18-10-12-21(22(14-18)31-3)33-16-19-8-6-5-7-9-19/h5-14H,4,16H2,1-3H3,(H,28,29)/b13-11+. The van der Waals surface area contributed by atoms with Gasteiger partial charge in [-0.2, -0.15) is 5.26 Å². The molecule has 3 aromatic rings. The third-order valence-corrected chi connectivity index (χ3v) is 6.00. The van der Waals surface area contributed by atoms with Crippen LogP contribution in [-0.4, -0.2) is 25.6 Å². The monoisotopic (exact) mass is 476 g/mol. The highest BCUT2D eigenvalue weighted by Crippen LogP contribution is 2.33. The maximum atomic E-state index is 12.5. The zero-order valence-corrected chi connectivity index (χ0v) is 19.9. The Labute approximate surface area is 202 Å². The van der Waals surface area contributed by atoms with Crippen LogP contribution in [0, 0.1) is 18.3 Å². The number of hydrogen-bond acceptors (Lipinski definition) is 7. The first-order valence-electron chi connectivity index (χ1n) is 10.5. The first-order valence-corrected chi connectivity index (χ1v) is 11.3. The molecule has 1 N–H and O–H groups in total. The highest BCUT2D eigenvalue weighted by Gasteiger charge is 2.21. The van der Waals surface area contributed by atoms with E-state index < -0.39 is 11.9 Å². The second-order valence-electron chi connectivity index (χ2n) is 7.10. The second-order valence-corrected chi connectivity index (χ2v) is 8.12. The normalized spacial score (nSPS) is 10.5. The van der Waals surface area contributed by atoms with Gasteiger partial charge in [-0.05, 0) is 48.7 Å². The number of nitrogens with zero attached hydrogens (tertiary/aromatic N) is 1. The molecule has 0 bridgehead atoms. The van der Waals surface area contributed by atoms with Gasteiger partial charge in [-0.1, -0.05) is 36.4 Å². The summed E-state index contributed by atoms with van der Waals surface area (Å²) in [5.41, 5.74) is 2.50. The highest BCUT2D eigenvalue weighted by atomic mass is 32.1. The number of anilines is 1. The molecule has 0 atom stereocenters. The molecule has 0 aliphatic carbocycles. The summed E-state index contributed by atoms with van der Waals surface area (Å²) in [7, 11) is 1.55. The lowest BCUT2D eigenvalue weighted by Crippen LogP contribution is -2.07. The van der Waals surface area contributed by atoms with Crippen molar-refractivity contribution in [2.24, 2.45) is 0 Å². The fraction of sp³-hybridized carbons (Fsp3) is 0.192. The predicted molar refractivity (Wildman–Crippen MR) is 131 cm³/mol. The van der Waals surface area contributed by atoms with Crippen LogP contribution in [0.25, 0.3) is 6.08 Å². The Morgan fingerprint density at radius 3 is 2.59 bits per heavy atom. The third kappa shape index (κ3) is 6.03. The Morgan fingerprint density at radius 1 is 1.15 bits per heavy atom. The van der Waals surface area contributed by atoms with Crippen molar-refractivity contribution in [3.05, 3.63) is 81.7 Å². The van der Waals surface area contributed by atoms with Crippen LogP contribution in [0.1, 0.15) is 38.8 Å². The molecule has 1 amide bonds. The molecule has 0 aliphatic heterocycles. The topological polar surface area (TPSA) is 97.7 Å². The van der Waals surface area contributed by atoms with Crippen LogP contribution in [0.4, 0.5) is 5.00 Å². The van der Waals surface area contributed by atoms with Gasteiger partial charge < -0.3 is 19.5 Å². The van der Waals surface area contributed by atoms with Gasteiger partial charge in [0.05, 0.1) is 19.3 Å². The molecular weight excluding hydrogens is 452 g/mol. The molecule has 1 heterocycles. The summed E-state index contributed by atoms with van der Waals surface area (Å²) in [6.45, 7) is 3.99. The van der Waals surface area contributed by atoms with Gasteiger partial charge in [-0.25, -0.2) is 4.79 Å². The van der Waals surface area contributed by atoms with Crippen LogP contribution in [-0.2, 0) is 16.1 Å². The number of nitriles is 1.